The molecule has 0 aliphatic carbocycles. The summed E-state index contributed by atoms with van der Waals surface area (Å²) in [6.07, 6.45) is 3.44. The van der Waals surface area contributed by atoms with Crippen molar-refractivity contribution in [2.75, 3.05) is 6.54 Å². The van der Waals surface area contributed by atoms with Gasteiger partial charge in [-0.05, 0) is 31.6 Å². The average molecular weight is 285 g/mol. The first-order valence-corrected chi connectivity index (χ1v) is 7.89. The van der Waals surface area contributed by atoms with Crippen molar-refractivity contribution >= 4 is 11.9 Å². The Morgan fingerprint density at radius 2 is 1.65 bits per heavy atom. The number of carboxylic acids is 1. The topological polar surface area (TPSA) is 57.6 Å². The first-order chi connectivity index (χ1) is 9.37. The highest BCUT2D eigenvalue weighted by molar-refractivity contribution is 5.82. The molecule has 0 rings (SSSR count). The van der Waals surface area contributed by atoms with E-state index in [1.807, 2.05) is 25.7 Å². The Kier molecular flexibility index (Phi) is 9.26. The second-order valence-corrected chi connectivity index (χ2v) is 5.93. The van der Waals surface area contributed by atoms with Crippen LogP contribution in [0.25, 0.3) is 0 Å². The maximum absolute atomic E-state index is 12.5. The number of carbonyl (C=O) groups excluding carboxylic acids is 1. The molecule has 0 saturated carbocycles. The molecule has 0 heterocycles. The Hall–Kier alpha value is -1.06. The molecule has 1 amide bonds. The van der Waals surface area contributed by atoms with Gasteiger partial charge in [-0.2, -0.15) is 0 Å². The largest absolute Gasteiger partial charge is 0.481 e. The minimum atomic E-state index is -0.854. The molecule has 0 radical (unpaired) electrons. The van der Waals surface area contributed by atoms with Crippen LogP contribution in [-0.2, 0) is 9.59 Å². The van der Waals surface area contributed by atoms with Crippen molar-refractivity contribution in [1.82, 2.24) is 4.90 Å². The third-order valence-corrected chi connectivity index (χ3v) is 3.69. The summed E-state index contributed by atoms with van der Waals surface area (Å²) in [4.78, 5) is 25.6. The second kappa shape index (κ2) is 9.78. The van der Waals surface area contributed by atoms with Gasteiger partial charge in [0.15, 0.2) is 0 Å². The van der Waals surface area contributed by atoms with Gasteiger partial charge in [0.2, 0.25) is 5.91 Å². The molecule has 0 aromatic heterocycles. The van der Waals surface area contributed by atoms with Crippen molar-refractivity contribution in [1.29, 1.82) is 0 Å². The molecule has 20 heavy (non-hydrogen) atoms. The van der Waals surface area contributed by atoms with Crippen LogP contribution in [0.1, 0.15) is 66.7 Å². The smallest absolute Gasteiger partial charge is 0.307 e. The van der Waals surface area contributed by atoms with Gasteiger partial charge in [0.25, 0.3) is 0 Å². The fourth-order valence-electron chi connectivity index (χ4n) is 2.65. The van der Waals surface area contributed by atoms with Gasteiger partial charge < -0.3 is 10.0 Å². The Labute approximate surface area is 123 Å². The molecular formula is C16H31NO3. The number of aliphatic carboxylic acids is 1. The highest BCUT2D eigenvalue weighted by Crippen LogP contribution is 2.19. The van der Waals surface area contributed by atoms with E-state index in [4.69, 9.17) is 0 Å². The minimum Gasteiger partial charge on any atom is -0.481 e. The van der Waals surface area contributed by atoms with Crippen LogP contribution in [0.2, 0.25) is 0 Å². The van der Waals surface area contributed by atoms with Crippen LogP contribution in [0.5, 0.6) is 0 Å². The van der Waals surface area contributed by atoms with Gasteiger partial charge in [-0.25, -0.2) is 0 Å². The van der Waals surface area contributed by atoms with Gasteiger partial charge >= 0.3 is 5.97 Å². The molecule has 0 spiro atoms. The normalized spacial score (nSPS) is 12.8. The lowest BCUT2D eigenvalue weighted by Gasteiger charge is -2.31. The Morgan fingerprint density at radius 3 is 2.00 bits per heavy atom. The SMILES string of the molecule is CCCN(C(=O)C[C@@H](CC(C)C)C(=O)O)C(CC)CC. The quantitative estimate of drug-likeness (QED) is 0.668. The molecule has 1 atom stereocenters. The van der Waals surface area contributed by atoms with Crippen LogP contribution in [0.3, 0.4) is 0 Å². The predicted octanol–water partition coefficient (Wildman–Crippen LogP) is 3.55. The van der Waals surface area contributed by atoms with Crippen molar-refractivity contribution < 1.29 is 14.7 Å². The van der Waals surface area contributed by atoms with Gasteiger partial charge in [0, 0.05) is 19.0 Å². The zero-order valence-corrected chi connectivity index (χ0v) is 13.7. The van der Waals surface area contributed by atoms with E-state index >= 15 is 0 Å². The monoisotopic (exact) mass is 285 g/mol. The summed E-state index contributed by atoms with van der Waals surface area (Å²) >= 11 is 0. The van der Waals surface area contributed by atoms with E-state index in [2.05, 4.69) is 13.8 Å². The fraction of sp³-hybridized carbons (Fsp3) is 0.875. The van der Waals surface area contributed by atoms with Crippen LogP contribution in [0, 0.1) is 11.8 Å². The van der Waals surface area contributed by atoms with E-state index < -0.39 is 11.9 Å². The Balaban J connectivity index is 4.82. The molecule has 0 aromatic rings. The van der Waals surface area contributed by atoms with E-state index in [1.54, 1.807) is 0 Å². The standard InChI is InChI=1S/C16H31NO3/c1-6-9-17(14(7-2)8-3)15(18)11-13(16(19)20)10-12(4)5/h12-14H,6-11H2,1-5H3,(H,19,20)/t13-/m1/s1. The minimum absolute atomic E-state index is 0.00593. The van der Waals surface area contributed by atoms with Crippen molar-refractivity contribution in [3.05, 3.63) is 0 Å². The summed E-state index contributed by atoms with van der Waals surface area (Å²) in [7, 11) is 0. The van der Waals surface area contributed by atoms with Crippen molar-refractivity contribution in [3.8, 4) is 0 Å². The highest BCUT2D eigenvalue weighted by Gasteiger charge is 2.27. The first-order valence-electron chi connectivity index (χ1n) is 7.89. The number of hydrogen-bond acceptors (Lipinski definition) is 2. The van der Waals surface area contributed by atoms with Gasteiger partial charge in [-0.3, -0.25) is 9.59 Å². The molecule has 0 aliphatic rings. The zero-order valence-electron chi connectivity index (χ0n) is 13.7. The summed E-state index contributed by atoms with van der Waals surface area (Å²) in [6, 6.07) is 0.232. The van der Waals surface area contributed by atoms with Crippen molar-refractivity contribution in [2.45, 2.75) is 72.8 Å². The number of amides is 1. The molecule has 0 aliphatic heterocycles. The summed E-state index contributed by atoms with van der Waals surface area (Å²) in [5, 5.41) is 9.26. The van der Waals surface area contributed by atoms with Gasteiger partial charge in [0.1, 0.15) is 0 Å². The maximum Gasteiger partial charge on any atom is 0.307 e. The maximum atomic E-state index is 12.5. The molecule has 4 heteroatoms. The number of hydrogen-bond donors (Lipinski definition) is 1. The summed E-state index contributed by atoms with van der Waals surface area (Å²) in [5.74, 6) is -1.13. The van der Waals surface area contributed by atoms with Gasteiger partial charge in [0.05, 0.1) is 5.92 Å². The summed E-state index contributed by atoms with van der Waals surface area (Å²) < 4.78 is 0. The van der Waals surface area contributed by atoms with Crippen LogP contribution < -0.4 is 0 Å². The summed E-state index contributed by atoms with van der Waals surface area (Å²) in [6.45, 7) is 10.9. The van der Waals surface area contributed by atoms with E-state index in [9.17, 15) is 14.7 Å². The third kappa shape index (κ3) is 6.40. The van der Waals surface area contributed by atoms with Crippen molar-refractivity contribution in [3.63, 3.8) is 0 Å². The van der Waals surface area contributed by atoms with Crippen LogP contribution >= 0.6 is 0 Å². The van der Waals surface area contributed by atoms with Crippen LogP contribution in [0.4, 0.5) is 0 Å². The lowest BCUT2D eigenvalue weighted by atomic mass is 9.93. The lowest BCUT2D eigenvalue weighted by molar-refractivity contribution is -0.147. The molecule has 118 valence electrons. The molecule has 0 bridgehead atoms. The van der Waals surface area contributed by atoms with E-state index in [1.165, 1.54) is 0 Å². The molecule has 0 fully saturated rings. The number of rotatable bonds is 10. The second-order valence-electron chi connectivity index (χ2n) is 5.93. The fourth-order valence-corrected chi connectivity index (χ4v) is 2.65. The van der Waals surface area contributed by atoms with E-state index in [0.29, 0.717) is 6.42 Å². The predicted molar refractivity (Wildman–Crippen MR) is 81.6 cm³/mol. The molecule has 0 unspecified atom stereocenters. The third-order valence-electron chi connectivity index (χ3n) is 3.69. The first kappa shape index (κ1) is 18.9. The van der Waals surface area contributed by atoms with E-state index in [-0.39, 0.29) is 24.3 Å². The molecule has 0 aromatic carbocycles. The summed E-state index contributed by atoms with van der Waals surface area (Å²) in [5.41, 5.74) is 0. The average Bonchev–Trinajstić information content (AvgIpc) is 2.37. The van der Waals surface area contributed by atoms with Gasteiger partial charge in [-0.15, -0.1) is 0 Å². The highest BCUT2D eigenvalue weighted by atomic mass is 16.4. The van der Waals surface area contributed by atoms with Crippen LogP contribution in [-0.4, -0.2) is 34.5 Å². The lowest BCUT2D eigenvalue weighted by Crippen LogP contribution is -2.41. The van der Waals surface area contributed by atoms with Crippen LogP contribution in [0.15, 0.2) is 0 Å². The zero-order chi connectivity index (χ0) is 15.7. The molecule has 4 nitrogen and oxygen atoms in total. The molecule has 0 saturated heterocycles. The molecular weight excluding hydrogens is 254 g/mol. The Bertz CT molecular complexity index is 298. The van der Waals surface area contributed by atoms with E-state index in [0.717, 1.165) is 25.8 Å². The number of carboxylic acid groups (broad SMARTS) is 1. The van der Waals surface area contributed by atoms with Gasteiger partial charge in [-0.1, -0.05) is 34.6 Å². The number of nitrogens with zero attached hydrogens (tertiary/aromatic N) is 1. The molecule has 1 N–H and O–H groups in total. The van der Waals surface area contributed by atoms with Crippen molar-refractivity contribution in [2.24, 2.45) is 11.8 Å². The Morgan fingerprint density at radius 1 is 1.10 bits per heavy atom. The number of carbonyl (C=O) groups is 2.